The van der Waals surface area contributed by atoms with Gasteiger partial charge in [-0.15, -0.1) is 0 Å². The predicted molar refractivity (Wildman–Crippen MR) is 134 cm³/mol. The molecule has 0 bridgehead atoms. The zero-order valence-electron chi connectivity index (χ0n) is 18.3. The van der Waals surface area contributed by atoms with Gasteiger partial charge >= 0.3 is 0 Å². The summed E-state index contributed by atoms with van der Waals surface area (Å²) in [5.41, 5.74) is 0.154. The van der Waals surface area contributed by atoms with Crippen molar-refractivity contribution in [1.82, 2.24) is 8.87 Å². The first-order valence-corrected chi connectivity index (χ1v) is 13.0. The molecule has 4 rings (SSSR count). The molecule has 8 nitrogen and oxygen atoms in total. The molecule has 0 saturated heterocycles. The first-order chi connectivity index (χ1) is 15.9. The number of amidine groups is 1. The molecule has 0 unspecified atom stereocenters. The number of hydrogen-bond donors (Lipinski definition) is 1. The zero-order valence-corrected chi connectivity index (χ0v) is 19.9. The number of aromatic nitrogens is 1. The fourth-order valence-corrected chi connectivity index (χ4v) is 5.92. The van der Waals surface area contributed by atoms with E-state index in [1.165, 1.54) is 34.4 Å². The van der Waals surface area contributed by atoms with Crippen molar-refractivity contribution in [1.29, 1.82) is 0 Å². The van der Waals surface area contributed by atoms with Gasteiger partial charge in [-0.3, -0.25) is 9.79 Å². The van der Waals surface area contributed by atoms with Gasteiger partial charge in [-0.2, -0.15) is 4.31 Å². The van der Waals surface area contributed by atoms with Gasteiger partial charge in [0.05, 0.1) is 22.7 Å². The van der Waals surface area contributed by atoms with Crippen molar-refractivity contribution in [2.75, 3.05) is 25.4 Å². The Balaban J connectivity index is 1.93. The number of benzene rings is 2. The number of thioether (sulfide) groups is 1. The standard InChI is InChI=1S/C23H24N4O4S2/c1-3-26(4-2)33(30,31)17-9-7-8-16(14-17)27-21(28)19-11-6-5-10-18(19)20(22(27)29)15-25-23-24-12-13-32-23/h5-11,14-15,29H,3-4,12-13H2,1-2H3. The van der Waals surface area contributed by atoms with E-state index in [0.717, 1.165) is 10.3 Å². The van der Waals surface area contributed by atoms with E-state index < -0.39 is 15.6 Å². The summed E-state index contributed by atoms with van der Waals surface area (Å²) in [6.45, 7) is 4.88. The van der Waals surface area contributed by atoms with E-state index in [-0.39, 0.29) is 16.5 Å². The van der Waals surface area contributed by atoms with Crippen LogP contribution >= 0.6 is 11.8 Å². The van der Waals surface area contributed by atoms with E-state index >= 15 is 0 Å². The molecule has 2 aromatic carbocycles. The second-order valence-corrected chi connectivity index (χ2v) is 10.3. The van der Waals surface area contributed by atoms with Gasteiger partial charge in [0.1, 0.15) is 0 Å². The Labute approximate surface area is 196 Å². The number of pyridine rings is 1. The fourth-order valence-electron chi connectivity index (χ4n) is 3.75. The Morgan fingerprint density at radius 3 is 2.55 bits per heavy atom. The fraction of sp³-hybridized carbons (Fsp3) is 0.261. The van der Waals surface area contributed by atoms with Crippen LogP contribution in [0.3, 0.4) is 0 Å². The van der Waals surface area contributed by atoms with Crippen LogP contribution in [0.25, 0.3) is 16.5 Å². The van der Waals surface area contributed by atoms with Crippen LogP contribution in [0.5, 0.6) is 5.88 Å². The third-order valence-corrected chi connectivity index (χ3v) is 8.32. The zero-order chi connectivity index (χ0) is 23.6. The predicted octanol–water partition coefficient (Wildman–Crippen LogP) is 3.25. The SMILES string of the molecule is CCN(CC)S(=O)(=O)c1cccc(-n2c(O)c(C=NC3=NCCS3)c3ccccc3c2=O)c1. The Kier molecular flexibility index (Phi) is 6.68. The van der Waals surface area contributed by atoms with Crippen LogP contribution in [-0.2, 0) is 10.0 Å². The molecule has 0 amide bonds. The number of sulfonamides is 1. The van der Waals surface area contributed by atoms with E-state index in [4.69, 9.17) is 0 Å². The monoisotopic (exact) mass is 484 g/mol. The molecule has 1 N–H and O–H groups in total. The Morgan fingerprint density at radius 1 is 1.15 bits per heavy atom. The molecular formula is C23H24N4O4S2. The van der Waals surface area contributed by atoms with Crippen molar-refractivity contribution in [3.8, 4) is 11.6 Å². The molecule has 0 aliphatic carbocycles. The maximum absolute atomic E-state index is 13.3. The summed E-state index contributed by atoms with van der Waals surface area (Å²) < 4.78 is 28.5. The number of aliphatic imine (C=N–C) groups is 2. The van der Waals surface area contributed by atoms with Crippen LogP contribution in [0.15, 0.2) is 68.2 Å². The number of nitrogens with zero attached hydrogens (tertiary/aromatic N) is 4. The minimum absolute atomic E-state index is 0.0510. The molecule has 2 heterocycles. The van der Waals surface area contributed by atoms with Crippen molar-refractivity contribution >= 4 is 43.9 Å². The summed E-state index contributed by atoms with van der Waals surface area (Å²) in [4.78, 5) is 22.1. The smallest absolute Gasteiger partial charge is 0.265 e. The van der Waals surface area contributed by atoms with Crippen molar-refractivity contribution < 1.29 is 13.5 Å². The van der Waals surface area contributed by atoms with Gasteiger partial charge in [-0.1, -0.05) is 49.9 Å². The third kappa shape index (κ3) is 4.33. The maximum atomic E-state index is 13.3. The lowest BCUT2D eigenvalue weighted by molar-refractivity contribution is 0.435. The maximum Gasteiger partial charge on any atom is 0.265 e. The van der Waals surface area contributed by atoms with Gasteiger partial charge in [0.25, 0.3) is 5.56 Å². The molecule has 172 valence electrons. The Bertz CT molecular complexity index is 1420. The van der Waals surface area contributed by atoms with Crippen molar-refractivity contribution in [2.45, 2.75) is 18.7 Å². The van der Waals surface area contributed by atoms with E-state index in [9.17, 15) is 18.3 Å². The van der Waals surface area contributed by atoms with Gasteiger partial charge in [-0.05, 0) is 24.3 Å². The van der Waals surface area contributed by atoms with E-state index in [0.29, 0.717) is 41.1 Å². The molecule has 0 saturated carbocycles. The van der Waals surface area contributed by atoms with Crippen molar-refractivity contribution in [3.05, 3.63) is 64.4 Å². The molecular weight excluding hydrogens is 460 g/mol. The summed E-state index contributed by atoms with van der Waals surface area (Å²) >= 11 is 1.52. The molecule has 10 heteroatoms. The minimum atomic E-state index is -3.74. The molecule has 1 aliphatic heterocycles. The number of fused-ring (bicyclic) bond motifs is 1. The first-order valence-electron chi connectivity index (χ1n) is 10.6. The highest BCUT2D eigenvalue weighted by Gasteiger charge is 2.23. The highest BCUT2D eigenvalue weighted by Crippen LogP contribution is 2.28. The number of hydrogen-bond acceptors (Lipinski definition) is 7. The summed E-state index contributed by atoms with van der Waals surface area (Å²) in [6.07, 6.45) is 1.50. The van der Waals surface area contributed by atoms with Gasteiger partial charge in [0.2, 0.25) is 15.9 Å². The summed E-state index contributed by atoms with van der Waals surface area (Å²) in [7, 11) is -3.74. The average molecular weight is 485 g/mol. The minimum Gasteiger partial charge on any atom is -0.494 e. The summed E-state index contributed by atoms with van der Waals surface area (Å²) in [5, 5.41) is 12.7. The Hall–Kier alpha value is -2.95. The first kappa shape index (κ1) is 23.2. The second-order valence-electron chi connectivity index (χ2n) is 7.28. The van der Waals surface area contributed by atoms with Gasteiger partial charge in [0.15, 0.2) is 5.17 Å². The van der Waals surface area contributed by atoms with E-state index in [1.54, 1.807) is 50.2 Å². The molecule has 3 aromatic rings. The van der Waals surface area contributed by atoms with Crippen LogP contribution < -0.4 is 5.56 Å². The highest BCUT2D eigenvalue weighted by molar-refractivity contribution is 8.14. The molecule has 0 atom stereocenters. The highest BCUT2D eigenvalue weighted by atomic mass is 32.2. The number of aromatic hydroxyl groups is 1. The van der Waals surface area contributed by atoms with Crippen LogP contribution in [0.2, 0.25) is 0 Å². The van der Waals surface area contributed by atoms with Crippen LogP contribution in [0, 0.1) is 0 Å². The lowest BCUT2D eigenvalue weighted by atomic mass is 10.1. The van der Waals surface area contributed by atoms with E-state index in [2.05, 4.69) is 9.98 Å². The lowest BCUT2D eigenvalue weighted by Gasteiger charge is -2.19. The molecule has 0 spiro atoms. The van der Waals surface area contributed by atoms with Crippen molar-refractivity contribution in [3.63, 3.8) is 0 Å². The number of rotatable bonds is 6. The van der Waals surface area contributed by atoms with Gasteiger partial charge in [0, 0.05) is 35.8 Å². The summed E-state index contributed by atoms with van der Waals surface area (Å²) in [5.74, 6) is 0.538. The Morgan fingerprint density at radius 2 is 1.88 bits per heavy atom. The molecule has 1 aliphatic rings. The molecule has 0 radical (unpaired) electrons. The van der Waals surface area contributed by atoms with E-state index in [1.807, 2.05) is 0 Å². The van der Waals surface area contributed by atoms with Crippen LogP contribution in [-0.4, -0.2) is 59.2 Å². The third-order valence-electron chi connectivity index (χ3n) is 5.40. The van der Waals surface area contributed by atoms with Gasteiger partial charge in [-0.25, -0.2) is 18.0 Å². The summed E-state index contributed by atoms with van der Waals surface area (Å²) in [6, 6.07) is 13.0. The molecule has 0 fully saturated rings. The second kappa shape index (κ2) is 9.50. The quantitative estimate of drug-likeness (QED) is 0.541. The average Bonchev–Trinajstić information content (AvgIpc) is 3.34. The van der Waals surface area contributed by atoms with Crippen molar-refractivity contribution in [2.24, 2.45) is 9.98 Å². The van der Waals surface area contributed by atoms with Gasteiger partial charge < -0.3 is 5.11 Å². The van der Waals surface area contributed by atoms with Crippen LogP contribution in [0.4, 0.5) is 0 Å². The molecule has 33 heavy (non-hydrogen) atoms. The topological polar surface area (TPSA) is 104 Å². The normalized spacial score (nSPS) is 14.5. The van der Waals surface area contributed by atoms with Crippen LogP contribution in [0.1, 0.15) is 19.4 Å². The lowest BCUT2D eigenvalue weighted by Crippen LogP contribution is -2.30. The molecule has 1 aromatic heterocycles. The largest absolute Gasteiger partial charge is 0.494 e.